The second-order valence-electron chi connectivity index (χ2n) is 24.4. The van der Waals surface area contributed by atoms with Crippen molar-refractivity contribution in [3.63, 3.8) is 0 Å². The lowest BCUT2D eigenvalue weighted by atomic mass is 9.83. The Morgan fingerprint density at radius 2 is 1.53 bits per heavy atom. The van der Waals surface area contributed by atoms with Crippen LogP contribution in [0.5, 0.6) is 11.5 Å². The van der Waals surface area contributed by atoms with Crippen molar-refractivity contribution in [2.75, 3.05) is 76.7 Å². The van der Waals surface area contributed by atoms with Crippen molar-refractivity contribution >= 4 is 69.4 Å². The topological polar surface area (TPSA) is 198 Å². The van der Waals surface area contributed by atoms with Crippen LogP contribution in [0.4, 0.5) is 10.8 Å². The number of methoxy groups -OCH3 is 1. The highest BCUT2D eigenvalue weighted by molar-refractivity contribution is 8.01. The van der Waals surface area contributed by atoms with E-state index in [0.717, 1.165) is 114 Å². The summed E-state index contributed by atoms with van der Waals surface area (Å²) in [5.41, 5.74) is 6.72. The predicted octanol–water partition coefficient (Wildman–Crippen LogP) is 8.27. The second kappa shape index (κ2) is 26.7. The number of aromatic nitrogens is 1. The van der Waals surface area contributed by atoms with Crippen molar-refractivity contribution in [1.29, 1.82) is 0 Å². The van der Waals surface area contributed by atoms with E-state index in [1.165, 1.54) is 28.7 Å². The highest BCUT2D eigenvalue weighted by Gasteiger charge is 2.43. The van der Waals surface area contributed by atoms with E-state index >= 15 is 0 Å². The van der Waals surface area contributed by atoms with Gasteiger partial charge in [0.15, 0.2) is 5.13 Å². The Morgan fingerprint density at radius 1 is 0.812 bits per heavy atom. The fraction of sp³-hybridized carbons (Fsp3) is 0.492. The van der Waals surface area contributed by atoms with Crippen molar-refractivity contribution < 1.29 is 38.2 Å². The average molecular weight is 1200 g/mol. The number of ether oxygens (including phenoxy) is 2. The van der Waals surface area contributed by atoms with Gasteiger partial charge in [-0.1, -0.05) is 74.2 Å². The van der Waals surface area contributed by atoms with E-state index in [4.69, 9.17) is 9.47 Å². The number of thiazole rings is 1. The normalized spacial score (nSPS) is 20.8. The first kappa shape index (κ1) is 61.1. The second-order valence-corrected chi connectivity index (χ2v) is 26.7. The number of amides is 6. The molecule has 4 atom stereocenters. The van der Waals surface area contributed by atoms with Crippen LogP contribution in [0, 0.1) is 12.3 Å². The summed E-state index contributed by atoms with van der Waals surface area (Å²) >= 11 is 2.85. The number of likely N-dealkylation sites (N-methyl/N-ethyl adjacent to an activating group) is 1. The van der Waals surface area contributed by atoms with E-state index in [9.17, 15) is 28.8 Å². The monoisotopic (exact) mass is 1190 g/mol. The first-order valence-corrected chi connectivity index (χ1v) is 31.7. The van der Waals surface area contributed by atoms with Gasteiger partial charge in [-0.3, -0.25) is 39.0 Å². The molecule has 85 heavy (non-hydrogen) atoms. The molecule has 4 heterocycles. The molecule has 2 saturated heterocycles. The van der Waals surface area contributed by atoms with Crippen LogP contribution in [0.2, 0.25) is 0 Å². The average Bonchev–Trinajstić information content (AvgIpc) is 2.74. The molecule has 1 saturated carbocycles. The number of hydrogen-bond donors (Lipinski definition) is 4. The molecule has 20 heteroatoms. The smallest absolute Gasteiger partial charge is 0.257 e. The lowest BCUT2D eigenvalue weighted by molar-refractivity contribution is -0.147. The van der Waals surface area contributed by atoms with E-state index in [2.05, 4.69) is 54.3 Å². The van der Waals surface area contributed by atoms with Gasteiger partial charge in [0.25, 0.3) is 11.8 Å². The van der Waals surface area contributed by atoms with Gasteiger partial charge in [-0.05, 0) is 148 Å². The summed E-state index contributed by atoms with van der Waals surface area (Å²) in [4.78, 5) is 97.3. The fourth-order valence-electron chi connectivity index (χ4n) is 12.5. The molecule has 0 spiro atoms. The molecule has 0 unspecified atom stereocenters. The van der Waals surface area contributed by atoms with Gasteiger partial charge in [0.1, 0.15) is 23.6 Å². The largest absolute Gasteiger partial charge is 0.496 e. The quantitative estimate of drug-likeness (QED) is 0.0738. The Morgan fingerprint density at radius 3 is 2.22 bits per heavy atom. The summed E-state index contributed by atoms with van der Waals surface area (Å²) in [5.74, 6) is 0.137. The first-order valence-electron chi connectivity index (χ1n) is 30.1. The lowest BCUT2D eigenvalue weighted by Crippen LogP contribution is -2.62. The molecule has 3 fully saturated rings. The summed E-state index contributed by atoms with van der Waals surface area (Å²) in [6.45, 7) is 16.9. The van der Waals surface area contributed by atoms with Crippen LogP contribution in [-0.4, -0.2) is 157 Å². The standard InChI is InChI=1S/C65H82N10O8S2/c1-40-34-55(82-8)52(62(80)74-32-26-71(27-33-74)42(3)76)37-56(40)84-57-38-67-64(85-57)70-60(78)44-16-19-47(20-17-44)72-28-30-73(31-29-72)48-21-24-49(25-22-48)83-50-23-18-45-36-54(61(79)68-53-15-11-13-43-12-9-10-14-51(43)53)75(39-46(45)35-50)63(81)58(65(4,5)6)69-59(77)41(2)66-7/h9-10,12,14,16-20,23,34-35,37-38,41,48-49,53-54,58,66H,11,13,15,21-22,24-33,36,39H2,1-8H3,(H,68,79)(H,69,77)(H,67,70,78)/t41-,48?,49?,53+,54-,58+/m0/s1. The van der Waals surface area contributed by atoms with Crippen LogP contribution in [0.1, 0.15) is 128 Å². The minimum Gasteiger partial charge on any atom is -0.496 e. The molecule has 6 amide bonds. The van der Waals surface area contributed by atoms with Gasteiger partial charge < -0.3 is 45.0 Å². The maximum Gasteiger partial charge on any atom is 0.257 e. The van der Waals surface area contributed by atoms with Gasteiger partial charge in [-0.2, -0.15) is 0 Å². The Balaban J connectivity index is 0.706. The molecule has 452 valence electrons. The molecule has 4 N–H and O–H groups in total. The molecular weight excluding hydrogens is 1110 g/mol. The van der Waals surface area contributed by atoms with Crippen molar-refractivity contribution in [2.24, 2.45) is 5.41 Å². The number of aryl methyl sites for hydroxylation is 2. The summed E-state index contributed by atoms with van der Waals surface area (Å²) in [5, 5.41) is 12.8. The molecule has 0 bridgehead atoms. The number of rotatable bonds is 16. The Labute approximate surface area is 508 Å². The summed E-state index contributed by atoms with van der Waals surface area (Å²) in [6, 6.07) is 24.1. The number of fused-ring (bicyclic) bond motifs is 2. The number of carbonyl (C=O) groups is 6. The minimum atomic E-state index is -0.866. The highest BCUT2D eigenvalue weighted by Crippen LogP contribution is 2.40. The third kappa shape index (κ3) is 14.3. The lowest BCUT2D eigenvalue weighted by Gasteiger charge is -2.43. The molecule has 5 aliphatic rings. The van der Waals surface area contributed by atoms with E-state index < -0.39 is 23.5 Å². The van der Waals surface area contributed by atoms with Gasteiger partial charge >= 0.3 is 0 Å². The van der Waals surface area contributed by atoms with E-state index in [0.29, 0.717) is 60.6 Å². The van der Waals surface area contributed by atoms with Crippen molar-refractivity contribution in [3.8, 4) is 11.5 Å². The zero-order valence-electron chi connectivity index (χ0n) is 50.3. The van der Waals surface area contributed by atoms with Crippen LogP contribution in [0.3, 0.4) is 0 Å². The highest BCUT2D eigenvalue weighted by atomic mass is 32.2. The van der Waals surface area contributed by atoms with Crippen LogP contribution in [0.15, 0.2) is 94.2 Å². The van der Waals surface area contributed by atoms with Crippen molar-refractivity contribution in [3.05, 3.63) is 124 Å². The number of hydrogen-bond acceptors (Lipinski definition) is 14. The molecule has 4 aromatic carbocycles. The van der Waals surface area contributed by atoms with Gasteiger partial charge in [-0.25, -0.2) is 4.98 Å². The van der Waals surface area contributed by atoms with Crippen LogP contribution < -0.4 is 35.6 Å². The first-order chi connectivity index (χ1) is 40.8. The molecule has 5 aromatic rings. The summed E-state index contributed by atoms with van der Waals surface area (Å²) in [6.07, 6.45) is 8.82. The van der Waals surface area contributed by atoms with Gasteiger partial charge in [0, 0.05) is 94.4 Å². The maximum atomic E-state index is 14.9. The maximum absolute atomic E-state index is 14.9. The van der Waals surface area contributed by atoms with Gasteiger partial charge in [0.05, 0.1) is 41.3 Å². The summed E-state index contributed by atoms with van der Waals surface area (Å²) in [7, 11) is 3.27. The van der Waals surface area contributed by atoms with Crippen LogP contribution >= 0.6 is 23.1 Å². The molecule has 0 radical (unpaired) electrons. The minimum absolute atomic E-state index is 0.00616. The van der Waals surface area contributed by atoms with E-state index in [1.807, 2.05) is 88.4 Å². The molecule has 3 aliphatic heterocycles. The van der Waals surface area contributed by atoms with Crippen molar-refractivity contribution in [1.82, 2.24) is 40.5 Å². The van der Waals surface area contributed by atoms with E-state index in [1.54, 1.807) is 48.9 Å². The number of anilines is 2. The van der Waals surface area contributed by atoms with Crippen LogP contribution in [-0.2, 0) is 38.6 Å². The fourth-order valence-corrected chi connectivity index (χ4v) is 14.5. The molecule has 1 aromatic heterocycles. The number of nitrogens with zero attached hydrogens (tertiary/aromatic N) is 6. The zero-order valence-corrected chi connectivity index (χ0v) is 52.0. The zero-order chi connectivity index (χ0) is 60.1. The van der Waals surface area contributed by atoms with Crippen LogP contribution in [0.25, 0.3) is 0 Å². The molecule has 2 aliphatic carbocycles. The van der Waals surface area contributed by atoms with Gasteiger partial charge in [0.2, 0.25) is 23.6 Å². The third-order valence-corrected chi connectivity index (χ3v) is 19.9. The van der Waals surface area contributed by atoms with Crippen molar-refractivity contribution in [2.45, 2.75) is 145 Å². The molecule has 18 nitrogen and oxygen atoms in total. The SMILES string of the molecule is CN[C@@H](C)C(=O)N[C@H](C(=O)N1Cc2cc(OC3CCC(N4CCN(c5ccc(C(=O)Nc6ncc(Sc7cc(C(=O)N8CCN(C(C)=O)CC8)c(OC)cc7C)s6)cc5)CC4)CC3)ccc2C[C@H]1C(=O)N[C@@H]1CCCc2ccccc21)C(C)(C)C. The Hall–Kier alpha value is -7.00. The Bertz CT molecular complexity index is 3250. The third-order valence-electron chi connectivity index (χ3n) is 17.7. The summed E-state index contributed by atoms with van der Waals surface area (Å²) < 4.78 is 13.2. The number of piperazine rings is 2. The van der Waals surface area contributed by atoms with E-state index in [-0.39, 0.29) is 54.1 Å². The van der Waals surface area contributed by atoms with Gasteiger partial charge in [-0.15, -0.1) is 0 Å². The number of carbonyl (C=O) groups excluding carboxylic acids is 6. The number of benzene rings is 4. The number of nitrogens with one attached hydrogen (secondary N) is 4. The Kier molecular flexibility index (Phi) is 19.2. The predicted molar refractivity (Wildman–Crippen MR) is 332 cm³/mol. The molecular formula is C65H82N10O8S2. The molecule has 10 rings (SSSR count).